The lowest BCUT2D eigenvalue weighted by Gasteiger charge is -2.46. The molecule has 2 fully saturated rings. The van der Waals surface area contributed by atoms with Gasteiger partial charge in [0.05, 0.1) is 18.8 Å². The second-order valence-electron chi connectivity index (χ2n) is 6.12. The molecular formula is C16H18F3NO2. The van der Waals surface area contributed by atoms with Crippen molar-refractivity contribution in [3.63, 3.8) is 0 Å². The van der Waals surface area contributed by atoms with Crippen LogP contribution in [-0.4, -0.2) is 43.0 Å². The van der Waals surface area contributed by atoms with Crippen LogP contribution in [0.1, 0.15) is 28.8 Å². The molecule has 0 radical (unpaired) electrons. The van der Waals surface area contributed by atoms with E-state index < -0.39 is 11.7 Å². The van der Waals surface area contributed by atoms with E-state index in [0.717, 1.165) is 12.1 Å². The van der Waals surface area contributed by atoms with E-state index >= 15 is 0 Å². The summed E-state index contributed by atoms with van der Waals surface area (Å²) in [6, 6.07) is 4.97. The number of rotatable bonds is 2. The number of ketones is 1. The third kappa shape index (κ3) is 2.90. The van der Waals surface area contributed by atoms with E-state index in [1.807, 2.05) is 7.05 Å². The molecular weight excluding hydrogens is 295 g/mol. The first-order valence-corrected chi connectivity index (χ1v) is 7.37. The molecule has 2 bridgehead atoms. The first kappa shape index (κ1) is 15.5. The van der Waals surface area contributed by atoms with Gasteiger partial charge >= 0.3 is 6.18 Å². The topological polar surface area (TPSA) is 29.5 Å². The van der Waals surface area contributed by atoms with Crippen LogP contribution in [0.25, 0.3) is 0 Å². The molecule has 3 rings (SSSR count). The summed E-state index contributed by atoms with van der Waals surface area (Å²) in [4.78, 5) is 14.8. The van der Waals surface area contributed by atoms with E-state index in [2.05, 4.69) is 4.90 Å². The molecule has 0 aliphatic carbocycles. The van der Waals surface area contributed by atoms with Gasteiger partial charge in [0.15, 0.2) is 5.78 Å². The lowest BCUT2D eigenvalue weighted by Crippen LogP contribution is -2.55. The van der Waals surface area contributed by atoms with E-state index in [1.165, 1.54) is 12.1 Å². The fourth-order valence-electron chi connectivity index (χ4n) is 3.37. The van der Waals surface area contributed by atoms with Crippen molar-refractivity contribution in [2.24, 2.45) is 5.92 Å². The molecule has 2 aliphatic heterocycles. The molecule has 2 heterocycles. The number of nitrogens with zero attached hydrogens (tertiary/aromatic N) is 1. The monoisotopic (exact) mass is 313 g/mol. The zero-order valence-corrected chi connectivity index (χ0v) is 12.3. The Balaban J connectivity index is 1.74. The van der Waals surface area contributed by atoms with Crippen LogP contribution in [0.5, 0.6) is 0 Å². The third-order valence-corrected chi connectivity index (χ3v) is 4.75. The first-order valence-electron chi connectivity index (χ1n) is 7.37. The predicted octanol–water partition coefficient (Wildman–Crippen LogP) is 3.00. The molecule has 6 heteroatoms. The Kier molecular flexibility index (Phi) is 3.99. The Bertz CT molecular complexity index is 542. The van der Waals surface area contributed by atoms with Gasteiger partial charge < -0.3 is 4.74 Å². The van der Waals surface area contributed by atoms with E-state index in [1.54, 1.807) is 0 Å². The van der Waals surface area contributed by atoms with Crippen LogP contribution < -0.4 is 0 Å². The highest BCUT2D eigenvalue weighted by molar-refractivity contribution is 5.98. The SMILES string of the molecule is CN1C2COCC1CC(C(=O)c1ccc(C(F)(F)F)cc1)C2. The number of halogens is 3. The van der Waals surface area contributed by atoms with Crippen LogP contribution in [0.3, 0.4) is 0 Å². The first-order chi connectivity index (χ1) is 10.4. The van der Waals surface area contributed by atoms with Crippen molar-refractivity contribution >= 4 is 5.78 Å². The molecule has 1 aromatic rings. The summed E-state index contributed by atoms with van der Waals surface area (Å²) in [5.41, 5.74) is -0.362. The maximum atomic E-state index is 12.6. The number of morpholine rings is 1. The smallest absolute Gasteiger partial charge is 0.378 e. The molecule has 2 atom stereocenters. The molecule has 1 aromatic carbocycles. The lowest BCUT2D eigenvalue weighted by atomic mass is 9.81. The Morgan fingerprint density at radius 2 is 1.68 bits per heavy atom. The van der Waals surface area contributed by atoms with Crippen molar-refractivity contribution in [1.29, 1.82) is 0 Å². The molecule has 120 valence electrons. The molecule has 0 saturated carbocycles. The number of carbonyl (C=O) groups excluding carboxylic acids is 1. The second-order valence-corrected chi connectivity index (χ2v) is 6.12. The van der Waals surface area contributed by atoms with Crippen LogP contribution in [0, 0.1) is 5.92 Å². The van der Waals surface area contributed by atoms with E-state index in [4.69, 9.17) is 4.74 Å². The van der Waals surface area contributed by atoms with Gasteiger partial charge in [-0.15, -0.1) is 0 Å². The van der Waals surface area contributed by atoms with Gasteiger partial charge in [0, 0.05) is 23.6 Å². The van der Waals surface area contributed by atoms with E-state index in [9.17, 15) is 18.0 Å². The average Bonchev–Trinajstić information content (AvgIpc) is 2.45. The number of alkyl halides is 3. The van der Waals surface area contributed by atoms with Gasteiger partial charge in [-0.3, -0.25) is 9.69 Å². The number of hydrogen-bond donors (Lipinski definition) is 0. The van der Waals surface area contributed by atoms with Crippen LogP contribution in [-0.2, 0) is 10.9 Å². The minimum atomic E-state index is -4.37. The molecule has 0 amide bonds. The number of fused-ring (bicyclic) bond motifs is 2. The van der Waals surface area contributed by atoms with E-state index in [-0.39, 0.29) is 23.8 Å². The summed E-state index contributed by atoms with van der Waals surface area (Å²) in [6.45, 7) is 1.23. The van der Waals surface area contributed by atoms with Gasteiger partial charge in [-0.25, -0.2) is 0 Å². The normalized spacial score (nSPS) is 29.4. The molecule has 2 saturated heterocycles. The zero-order chi connectivity index (χ0) is 15.9. The highest BCUT2D eigenvalue weighted by Gasteiger charge is 2.39. The largest absolute Gasteiger partial charge is 0.416 e. The summed E-state index contributed by atoms with van der Waals surface area (Å²) >= 11 is 0. The number of benzene rings is 1. The van der Waals surface area contributed by atoms with Gasteiger partial charge in [0.25, 0.3) is 0 Å². The number of likely N-dealkylation sites (N-methyl/N-ethyl adjacent to an activating group) is 1. The fraction of sp³-hybridized carbons (Fsp3) is 0.562. The van der Waals surface area contributed by atoms with E-state index in [0.29, 0.717) is 31.6 Å². The van der Waals surface area contributed by atoms with Gasteiger partial charge in [-0.05, 0) is 32.0 Å². The number of carbonyl (C=O) groups is 1. The van der Waals surface area contributed by atoms with Crippen LogP contribution in [0.15, 0.2) is 24.3 Å². The summed E-state index contributed by atoms with van der Waals surface area (Å²) in [5.74, 6) is -0.189. The lowest BCUT2D eigenvalue weighted by molar-refractivity contribution is -0.137. The Morgan fingerprint density at radius 3 is 2.18 bits per heavy atom. The minimum absolute atomic E-state index is 0.0567. The van der Waals surface area contributed by atoms with Gasteiger partial charge in [-0.1, -0.05) is 12.1 Å². The van der Waals surface area contributed by atoms with Crippen molar-refractivity contribution in [1.82, 2.24) is 4.90 Å². The van der Waals surface area contributed by atoms with Crippen molar-refractivity contribution < 1.29 is 22.7 Å². The molecule has 2 unspecified atom stereocenters. The molecule has 2 aliphatic rings. The van der Waals surface area contributed by atoms with Crippen LogP contribution in [0.2, 0.25) is 0 Å². The van der Waals surface area contributed by atoms with Gasteiger partial charge in [-0.2, -0.15) is 13.2 Å². The Hall–Kier alpha value is -1.40. The number of piperidine rings is 1. The summed E-state index contributed by atoms with van der Waals surface area (Å²) in [7, 11) is 2.04. The molecule has 22 heavy (non-hydrogen) atoms. The minimum Gasteiger partial charge on any atom is -0.378 e. The van der Waals surface area contributed by atoms with Gasteiger partial charge in [0.2, 0.25) is 0 Å². The molecule has 0 spiro atoms. The number of Topliss-reactive ketones (excluding diaryl/α,β-unsaturated/α-hetero) is 1. The average molecular weight is 313 g/mol. The standard InChI is InChI=1S/C16H18F3NO2/c1-20-13-6-11(7-14(20)9-22-8-13)15(21)10-2-4-12(5-3-10)16(17,18)19/h2-5,11,13-14H,6-9H2,1H3. The number of ether oxygens (including phenoxy) is 1. The van der Waals surface area contributed by atoms with Crippen LogP contribution >= 0.6 is 0 Å². The zero-order valence-electron chi connectivity index (χ0n) is 12.3. The highest BCUT2D eigenvalue weighted by Crippen LogP contribution is 2.33. The highest BCUT2D eigenvalue weighted by atomic mass is 19.4. The second kappa shape index (κ2) is 5.66. The van der Waals surface area contributed by atoms with Crippen molar-refractivity contribution in [3.05, 3.63) is 35.4 Å². The summed E-state index contributed by atoms with van der Waals surface area (Å²) in [5, 5.41) is 0. The fourth-order valence-corrected chi connectivity index (χ4v) is 3.37. The van der Waals surface area contributed by atoms with Crippen molar-refractivity contribution in [2.45, 2.75) is 31.1 Å². The molecule has 3 nitrogen and oxygen atoms in total. The van der Waals surface area contributed by atoms with Crippen molar-refractivity contribution in [2.75, 3.05) is 20.3 Å². The maximum Gasteiger partial charge on any atom is 0.416 e. The predicted molar refractivity (Wildman–Crippen MR) is 74.7 cm³/mol. The Labute approximate surface area is 127 Å². The number of hydrogen-bond acceptors (Lipinski definition) is 3. The molecule has 0 N–H and O–H groups in total. The summed E-state index contributed by atoms with van der Waals surface area (Å²) < 4.78 is 43.2. The van der Waals surface area contributed by atoms with Crippen LogP contribution in [0.4, 0.5) is 13.2 Å². The maximum absolute atomic E-state index is 12.6. The quantitative estimate of drug-likeness (QED) is 0.786. The van der Waals surface area contributed by atoms with Gasteiger partial charge in [0.1, 0.15) is 0 Å². The third-order valence-electron chi connectivity index (χ3n) is 4.75. The molecule has 0 aromatic heterocycles. The Morgan fingerprint density at radius 1 is 1.14 bits per heavy atom. The summed E-state index contributed by atoms with van der Waals surface area (Å²) in [6.07, 6.45) is -2.97. The van der Waals surface area contributed by atoms with Crippen molar-refractivity contribution in [3.8, 4) is 0 Å².